The summed E-state index contributed by atoms with van der Waals surface area (Å²) in [5, 5.41) is 24.5. The van der Waals surface area contributed by atoms with E-state index in [4.69, 9.17) is 14.9 Å². The summed E-state index contributed by atoms with van der Waals surface area (Å²) < 4.78 is 4.75. The molecule has 0 spiro atoms. The van der Waals surface area contributed by atoms with Crippen molar-refractivity contribution in [1.82, 2.24) is 16.0 Å². The molecule has 0 aromatic heterocycles. The maximum absolute atomic E-state index is 11.4. The molecule has 0 aromatic rings. The molecule has 20 heavy (non-hydrogen) atoms. The Labute approximate surface area is 116 Å². The van der Waals surface area contributed by atoms with Crippen molar-refractivity contribution in [3.05, 3.63) is 0 Å². The molecular weight excluding hydrogens is 270 g/mol. The van der Waals surface area contributed by atoms with Gasteiger partial charge in [-0.3, -0.25) is 4.79 Å². The number of aliphatic hydroxyl groups is 1. The van der Waals surface area contributed by atoms with E-state index in [1.807, 2.05) is 0 Å². The summed E-state index contributed by atoms with van der Waals surface area (Å²) in [6.07, 6.45) is -0.00483. The van der Waals surface area contributed by atoms with Gasteiger partial charge in [0.25, 0.3) is 0 Å². The van der Waals surface area contributed by atoms with E-state index in [-0.39, 0.29) is 31.9 Å². The van der Waals surface area contributed by atoms with E-state index in [2.05, 4.69) is 16.0 Å². The zero-order valence-electron chi connectivity index (χ0n) is 11.3. The normalized spacial score (nSPS) is 11.5. The molecule has 0 aliphatic carbocycles. The second-order valence-electron chi connectivity index (χ2n) is 3.90. The van der Waals surface area contributed by atoms with Crippen LogP contribution in [0.1, 0.15) is 12.8 Å². The van der Waals surface area contributed by atoms with Crippen LogP contribution < -0.4 is 16.0 Å². The van der Waals surface area contributed by atoms with Crippen LogP contribution in [0, 0.1) is 0 Å². The summed E-state index contributed by atoms with van der Waals surface area (Å²) in [7, 11) is 1.52. The maximum Gasteiger partial charge on any atom is 0.326 e. The van der Waals surface area contributed by atoms with Gasteiger partial charge in [-0.1, -0.05) is 0 Å². The number of carbonyl (C=O) groups excluding carboxylic acids is 2. The van der Waals surface area contributed by atoms with E-state index >= 15 is 0 Å². The quantitative estimate of drug-likeness (QED) is 0.303. The third kappa shape index (κ3) is 9.11. The van der Waals surface area contributed by atoms with Crippen molar-refractivity contribution in [1.29, 1.82) is 0 Å². The van der Waals surface area contributed by atoms with E-state index in [1.165, 1.54) is 7.11 Å². The first kappa shape index (κ1) is 18.1. The molecule has 3 amide bonds. The maximum atomic E-state index is 11.4. The number of carbonyl (C=O) groups is 3. The molecule has 0 saturated heterocycles. The molecule has 9 nitrogen and oxygen atoms in total. The zero-order valence-corrected chi connectivity index (χ0v) is 11.3. The first-order valence-electron chi connectivity index (χ1n) is 6.15. The van der Waals surface area contributed by atoms with Crippen molar-refractivity contribution >= 4 is 17.9 Å². The number of carboxylic acid groups (broad SMARTS) is 1. The molecule has 5 N–H and O–H groups in total. The molecule has 0 bridgehead atoms. The predicted octanol–water partition coefficient (Wildman–Crippen LogP) is -1.73. The fourth-order valence-corrected chi connectivity index (χ4v) is 1.27. The summed E-state index contributed by atoms with van der Waals surface area (Å²) in [4.78, 5) is 33.3. The number of urea groups is 1. The number of ether oxygens (including phenoxy) is 1. The highest BCUT2D eigenvalue weighted by Crippen LogP contribution is 1.91. The van der Waals surface area contributed by atoms with Crippen LogP contribution in [-0.4, -0.2) is 67.6 Å². The lowest BCUT2D eigenvalue weighted by Gasteiger charge is -2.13. The van der Waals surface area contributed by atoms with Gasteiger partial charge >= 0.3 is 12.0 Å². The van der Waals surface area contributed by atoms with Gasteiger partial charge in [-0.2, -0.15) is 0 Å². The molecule has 0 heterocycles. The highest BCUT2D eigenvalue weighted by molar-refractivity contribution is 5.83. The van der Waals surface area contributed by atoms with E-state index in [9.17, 15) is 14.4 Å². The minimum absolute atomic E-state index is 0.0782. The zero-order chi connectivity index (χ0) is 15.4. The van der Waals surface area contributed by atoms with Gasteiger partial charge in [0.2, 0.25) is 5.91 Å². The van der Waals surface area contributed by atoms with Gasteiger partial charge in [0.05, 0.1) is 6.61 Å². The standard InChI is InChI=1S/C11H21N3O6/c1-20-7-5-12-9(16)2-4-13-11(19)14-8(3-6-15)10(17)18/h8,15H,2-7H2,1H3,(H,12,16)(H,17,18)(H2,13,14,19)/t8-/m1/s1. The third-order valence-electron chi connectivity index (χ3n) is 2.29. The lowest BCUT2D eigenvalue weighted by atomic mass is 10.2. The molecule has 0 aromatic carbocycles. The SMILES string of the molecule is COCCNC(=O)CCNC(=O)N[C@H](CCO)C(=O)O. The first-order chi connectivity index (χ1) is 9.51. The van der Waals surface area contributed by atoms with Crippen LogP contribution in [0.3, 0.4) is 0 Å². The fraction of sp³-hybridized carbons (Fsp3) is 0.727. The predicted molar refractivity (Wildman–Crippen MR) is 69.2 cm³/mol. The Bertz CT molecular complexity index is 323. The van der Waals surface area contributed by atoms with Gasteiger partial charge in [0, 0.05) is 39.6 Å². The number of hydrogen-bond donors (Lipinski definition) is 5. The Morgan fingerprint density at radius 3 is 2.45 bits per heavy atom. The summed E-state index contributed by atoms with van der Waals surface area (Å²) >= 11 is 0. The number of methoxy groups -OCH3 is 1. The third-order valence-corrected chi connectivity index (χ3v) is 2.29. The number of carboxylic acids is 1. The van der Waals surface area contributed by atoms with Crippen LogP contribution in [0.4, 0.5) is 4.79 Å². The summed E-state index contributed by atoms with van der Waals surface area (Å²) in [6.45, 7) is 0.523. The molecule has 0 fully saturated rings. The van der Waals surface area contributed by atoms with Gasteiger partial charge in [-0.05, 0) is 0 Å². The number of hydrogen-bond acceptors (Lipinski definition) is 5. The van der Waals surface area contributed by atoms with E-state index in [0.29, 0.717) is 13.2 Å². The van der Waals surface area contributed by atoms with Gasteiger partial charge in [0.1, 0.15) is 6.04 Å². The molecule has 1 atom stereocenters. The van der Waals surface area contributed by atoms with Crippen molar-refractivity contribution in [2.45, 2.75) is 18.9 Å². The molecular formula is C11H21N3O6. The molecule has 9 heteroatoms. The molecule has 0 aliphatic heterocycles. The monoisotopic (exact) mass is 291 g/mol. The highest BCUT2D eigenvalue weighted by Gasteiger charge is 2.18. The molecule has 0 aliphatic rings. The number of aliphatic carboxylic acids is 1. The second-order valence-corrected chi connectivity index (χ2v) is 3.90. The topological polar surface area (TPSA) is 137 Å². The number of nitrogens with one attached hydrogen (secondary N) is 3. The molecule has 0 rings (SSSR count). The first-order valence-corrected chi connectivity index (χ1v) is 6.15. The Morgan fingerprint density at radius 1 is 1.20 bits per heavy atom. The van der Waals surface area contributed by atoms with Crippen LogP contribution in [0.15, 0.2) is 0 Å². The minimum Gasteiger partial charge on any atom is -0.480 e. The van der Waals surface area contributed by atoms with Crippen LogP contribution in [0.5, 0.6) is 0 Å². The lowest BCUT2D eigenvalue weighted by molar-refractivity contribution is -0.139. The second kappa shape index (κ2) is 11.0. The van der Waals surface area contributed by atoms with Crippen LogP contribution in [-0.2, 0) is 14.3 Å². The van der Waals surface area contributed by atoms with Crippen molar-refractivity contribution in [2.24, 2.45) is 0 Å². The smallest absolute Gasteiger partial charge is 0.326 e. The Hall–Kier alpha value is -1.87. The van der Waals surface area contributed by atoms with Crippen LogP contribution in [0.25, 0.3) is 0 Å². The van der Waals surface area contributed by atoms with Gasteiger partial charge < -0.3 is 30.9 Å². The Balaban J connectivity index is 3.81. The van der Waals surface area contributed by atoms with Crippen molar-refractivity contribution < 1.29 is 29.3 Å². The molecule has 0 radical (unpaired) electrons. The highest BCUT2D eigenvalue weighted by atomic mass is 16.5. The van der Waals surface area contributed by atoms with E-state index in [1.54, 1.807) is 0 Å². The van der Waals surface area contributed by atoms with Crippen molar-refractivity contribution in [3.8, 4) is 0 Å². The Kier molecular flexibility index (Phi) is 9.97. The lowest BCUT2D eigenvalue weighted by Crippen LogP contribution is -2.47. The number of amides is 3. The van der Waals surface area contributed by atoms with Gasteiger partial charge in [-0.15, -0.1) is 0 Å². The van der Waals surface area contributed by atoms with E-state index < -0.39 is 18.0 Å². The molecule has 116 valence electrons. The number of aliphatic hydroxyl groups excluding tert-OH is 1. The molecule has 0 saturated carbocycles. The average Bonchev–Trinajstić information content (AvgIpc) is 2.38. The largest absolute Gasteiger partial charge is 0.480 e. The van der Waals surface area contributed by atoms with Gasteiger partial charge in [0.15, 0.2) is 0 Å². The molecule has 0 unspecified atom stereocenters. The number of rotatable bonds is 10. The average molecular weight is 291 g/mol. The van der Waals surface area contributed by atoms with E-state index in [0.717, 1.165) is 0 Å². The van der Waals surface area contributed by atoms with Gasteiger partial charge in [-0.25, -0.2) is 9.59 Å². The minimum atomic E-state index is -1.23. The van der Waals surface area contributed by atoms with Crippen molar-refractivity contribution in [2.75, 3.05) is 33.4 Å². The van der Waals surface area contributed by atoms with Crippen LogP contribution in [0.2, 0.25) is 0 Å². The van der Waals surface area contributed by atoms with Crippen molar-refractivity contribution in [3.63, 3.8) is 0 Å². The summed E-state index contributed by atoms with van der Waals surface area (Å²) in [5.74, 6) is -1.47. The fourth-order valence-electron chi connectivity index (χ4n) is 1.27. The Morgan fingerprint density at radius 2 is 1.90 bits per heavy atom. The summed E-state index contributed by atoms with van der Waals surface area (Å²) in [6, 6.07) is -1.86. The van der Waals surface area contributed by atoms with Crippen LogP contribution >= 0.6 is 0 Å². The summed E-state index contributed by atoms with van der Waals surface area (Å²) in [5.41, 5.74) is 0.